The summed E-state index contributed by atoms with van der Waals surface area (Å²) < 4.78 is 36.7. The van der Waals surface area contributed by atoms with Gasteiger partial charge in [0, 0.05) is 0 Å². The van der Waals surface area contributed by atoms with Crippen molar-refractivity contribution in [3.8, 4) is 5.75 Å². The predicted octanol–water partition coefficient (Wildman–Crippen LogP) is 9.52. The van der Waals surface area contributed by atoms with Gasteiger partial charge in [0.1, 0.15) is 5.75 Å². The van der Waals surface area contributed by atoms with E-state index in [4.69, 9.17) is 9.29 Å². The minimum atomic E-state index is -4.13. The molecule has 0 unspecified atom stereocenters. The van der Waals surface area contributed by atoms with Crippen molar-refractivity contribution in [1.29, 1.82) is 0 Å². The maximum Gasteiger partial charge on any atom is 0.294 e. The quantitative estimate of drug-likeness (QED) is 0.114. The van der Waals surface area contributed by atoms with E-state index in [9.17, 15) is 8.42 Å². The first-order valence-corrected chi connectivity index (χ1v) is 15.7. The Kier molecular flexibility index (Phi) is 19.3. The van der Waals surface area contributed by atoms with Gasteiger partial charge < -0.3 is 4.74 Å². The standard InChI is InChI=1S/C29H52O4S/c1-2-3-4-5-6-7-8-9-10-11-12-13-14-15-16-17-18-19-20-21-22-27-33-28-23-25-29(26-24-28)34(30,31)32/h23-26H,2-22,27H2,1H3,(H,30,31,32). The van der Waals surface area contributed by atoms with Gasteiger partial charge in [-0.05, 0) is 30.7 Å². The average Bonchev–Trinajstić information content (AvgIpc) is 2.82. The molecule has 0 bridgehead atoms. The molecule has 198 valence electrons. The lowest BCUT2D eigenvalue weighted by molar-refractivity contribution is 0.304. The van der Waals surface area contributed by atoms with Crippen molar-refractivity contribution in [3.05, 3.63) is 24.3 Å². The summed E-state index contributed by atoms with van der Waals surface area (Å²) in [5.74, 6) is 0.639. The van der Waals surface area contributed by atoms with Crippen LogP contribution in [-0.2, 0) is 10.1 Å². The number of hydrogen-bond acceptors (Lipinski definition) is 3. The zero-order valence-corrected chi connectivity index (χ0v) is 22.8. The summed E-state index contributed by atoms with van der Waals surface area (Å²) in [4.78, 5) is -0.103. The Bertz CT molecular complexity index is 670. The number of unbranched alkanes of at least 4 members (excludes halogenated alkanes) is 20. The van der Waals surface area contributed by atoms with Gasteiger partial charge in [0.15, 0.2) is 0 Å². The molecule has 0 aliphatic rings. The van der Waals surface area contributed by atoms with E-state index in [2.05, 4.69) is 6.92 Å². The first-order chi connectivity index (χ1) is 16.5. The van der Waals surface area contributed by atoms with Gasteiger partial charge in [0.25, 0.3) is 10.1 Å². The van der Waals surface area contributed by atoms with Crippen LogP contribution in [0.4, 0.5) is 0 Å². The molecule has 1 aromatic carbocycles. The van der Waals surface area contributed by atoms with E-state index in [1.54, 1.807) is 12.1 Å². The van der Waals surface area contributed by atoms with E-state index >= 15 is 0 Å². The highest BCUT2D eigenvalue weighted by molar-refractivity contribution is 7.85. The number of benzene rings is 1. The second kappa shape index (κ2) is 21.2. The van der Waals surface area contributed by atoms with Crippen LogP contribution in [0.5, 0.6) is 5.75 Å². The van der Waals surface area contributed by atoms with E-state index < -0.39 is 10.1 Å². The third-order valence-electron chi connectivity index (χ3n) is 6.64. The fraction of sp³-hybridized carbons (Fsp3) is 0.793. The molecule has 0 saturated heterocycles. The van der Waals surface area contributed by atoms with Crippen LogP contribution < -0.4 is 4.74 Å². The van der Waals surface area contributed by atoms with Crippen LogP contribution >= 0.6 is 0 Å². The van der Waals surface area contributed by atoms with Gasteiger partial charge in [0.2, 0.25) is 0 Å². The van der Waals surface area contributed by atoms with E-state index in [0.717, 1.165) is 6.42 Å². The van der Waals surface area contributed by atoms with E-state index in [-0.39, 0.29) is 4.90 Å². The Labute approximate surface area is 211 Å². The van der Waals surface area contributed by atoms with Crippen molar-refractivity contribution in [2.45, 2.75) is 147 Å². The van der Waals surface area contributed by atoms with Crippen molar-refractivity contribution in [2.75, 3.05) is 6.61 Å². The van der Waals surface area contributed by atoms with Crippen molar-refractivity contribution >= 4 is 10.1 Å². The molecule has 0 fully saturated rings. The summed E-state index contributed by atoms with van der Waals surface area (Å²) in [6.45, 7) is 2.93. The molecule has 1 rings (SSSR count). The molecule has 5 heteroatoms. The van der Waals surface area contributed by atoms with E-state index in [1.807, 2.05) is 0 Å². The summed E-state index contributed by atoms with van der Waals surface area (Å²) >= 11 is 0. The third-order valence-corrected chi connectivity index (χ3v) is 7.51. The number of rotatable bonds is 24. The van der Waals surface area contributed by atoms with Gasteiger partial charge in [0.05, 0.1) is 11.5 Å². The highest BCUT2D eigenvalue weighted by atomic mass is 32.2. The van der Waals surface area contributed by atoms with Crippen LogP contribution in [0.25, 0.3) is 0 Å². The molecule has 0 radical (unpaired) electrons. The van der Waals surface area contributed by atoms with Gasteiger partial charge in [-0.2, -0.15) is 8.42 Å². The Balaban J connectivity index is 1.76. The maximum atomic E-state index is 11.0. The van der Waals surface area contributed by atoms with Gasteiger partial charge >= 0.3 is 0 Å². The lowest BCUT2D eigenvalue weighted by Crippen LogP contribution is -2.00. The number of hydrogen-bond donors (Lipinski definition) is 1. The van der Waals surface area contributed by atoms with Crippen molar-refractivity contribution < 1.29 is 17.7 Å². The average molecular weight is 497 g/mol. The summed E-state index contributed by atoms with van der Waals surface area (Å²) in [5.41, 5.74) is 0. The van der Waals surface area contributed by atoms with Crippen LogP contribution in [0.15, 0.2) is 29.2 Å². The Hall–Kier alpha value is -1.07. The highest BCUT2D eigenvalue weighted by Crippen LogP contribution is 2.17. The lowest BCUT2D eigenvalue weighted by Gasteiger charge is -2.07. The molecule has 0 atom stereocenters. The van der Waals surface area contributed by atoms with Crippen LogP contribution in [0.3, 0.4) is 0 Å². The fourth-order valence-electron chi connectivity index (χ4n) is 4.43. The summed E-state index contributed by atoms with van der Waals surface area (Å²) in [6.07, 6.45) is 28.9. The van der Waals surface area contributed by atoms with E-state index in [0.29, 0.717) is 12.4 Å². The maximum absolute atomic E-state index is 11.0. The van der Waals surface area contributed by atoms with Crippen LogP contribution in [0, 0.1) is 0 Å². The monoisotopic (exact) mass is 496 g/mol. The highest BCUT2D eigenvalue weighted by Gasteiger charge is 2.08. The molecule has 0 saturated carbocycles. The molecule has 1 aromatic rings. The Morgan fingerprint density at radius 3 is 1.21 bits per heavy atom. The molecular formula is C29H52O4S. The van der Waals surface area contributed by atoms with Crippen molar-refractivity contribution in [3.63, 3.8) is 0 Å². The zero-order valence-electron chi connectivity index (χ0n) is 21.9. The molecule has 4 nitrogen and oxygen atoms in total. The first kappa shape index (κ1) is 31.0. The SMILES string of the molecule is CCCCCCCCCCCCCCCCCCCCCCCOc1ccc(S(=O)(=O)O)cc1. The topological polar surface area (TPSA) is 63.6 Å². The molecule has 0 heterocycles. The zero-order chi connectivity index (χ0) is 24.7. The molecule has 0 amide bonds. The van der Waals surface area contributed by atoms with Crippen LogP contribution in [0.1, 0.15) is 142 Å². The molecule has 0 aliphatic heterocycles. The third kappa shape index (κ3) is 18.3. The van der Waals surface area contributed by atoms with Gasteiger partial charge in [-0.25, -0.2) is 0 Å². The Morgan fingerprint density at radius 1 is 0.559 bits per heavy atom. The second-order valence-corrected chi connectivity index (χ2v) is 11.3. The van der Waals surface area contributed by atoms with Crippen molar-refractivity contribution in [2.24, 2.45) is 0 Å². The summed E-state index contributed by atoms with van der Waals surface area (Å²) in [6, 6.07) is 5.90. The predicted molar refractivity (Wildman–Crippen MR) is 144 cm³/mol. The van der Waals surface area contributed by atoms with E-state index in [1.165, 1.54) is 141 Å². The molecule has 0 aliphatic carbocycles. The minimum Gasteiger partial charge on any atom is -0.494 e. The summed E-state index contributed by atoms with van der Waals surface area (Å²) in [5, 5.41) is 0. The van der Waals surface area contributed by atoms with Crippen molar-refractivity contribution in [1.82, 2.24) is 0 Å². The van der Waals surface area contributed by atoms with Crippen LogP contribution in [-0.4, -0.2) is 19.6 Å². The smallest absolute Gasteiger partial charge is 0.294 e. The molecule has 0 aromatic heterocycles. The fourth-order valence-corrected chi connectivity index (χ4v) is 4.91. The minimum absolute atomic E-state index is 0.103. The second-order valence-electron chi connectivity index (χ2n) is 9.87. The molecule has 1 N–H and O–H groups in total. The van der Waals surface area contributed by atoms with Gasteiger partial charge in [-0.1, -0.05) is 135 Å². The largest absolute Gasteiger partial charge is 0.494 e. The van der Waals surface area contributed by atoms with Crippen LogP contribution in [0.2, 0.25) is 0 Å². The molecule has 34 heavy (non-hydrogen) atoms. The first-order valence-electron chi connectivity index (χ1n) is 14.2. The molecule has 0 spiro atoms. The molecular weight excluding hydrogens is 444 g/mol. The van der Waals surface area contributed by atoms with Gasteiger partial charge in [-0.15, -0.1) is 0 Å². The lowest BCUT2D eigenvalue weighted by atomic mass is 10.0. The number of ether oxygens (including phenoxy) is 1. The Morgan fingerprint density at radius 2 is 0.882 bits per heavy atom. The normalized spacial score (nSPS) is 11.7. The van der Waals surface area contributed by atoms with Gasteiger partial charge in [-0.3, -0.25) is 4.55 Å². The summed E-state index contributed by atoms with van der Waals surface area (Å²) in [7, 11) is -4.13.